The molecule has 106 valence electrons. The van der Waals surface area contributed by atoms with Crippen LogP contribution in [0.15, 0.2) is 24.4 Å². The fraction of sp³-hybridized carbons (Fsp3) is 0.286. The van der Waals surface area contributed by atoms with E-state index in [9.17, 15) is 9.90 Å². The van der Waals surface area contributed by atoms with Crippen LogP contribution in [0.1, 0.15) is 39.6 Å². The number of halogens is 1. The maximum absolute atomic E-state index is 12.2. The first-order valence-corrected chi connectivity index (χ1v) is 7.42. The third kappa shape index (κ3) is 3.29. The monoisotopic (exact) mass is 310 g/mol. The summed E-state index contributed by atoms with van der Waals surface area (Å²) in [4.78, 5) is 17.6. The van der Waals surface area contributed by atoms with Crippen LogP contribution in [0.2, 0.25) is 5.02 Å². The van der Waals surface area contributed by atoms with E-state index in [2.05, 4.69) is 10.3 Å². The van der Waals surface area contributed by atoms with Gasteiger partial charge in [-0.15, -0.1) is 11.3 Å². The van der Waals surface area contributed by atoms with E-state index in [-0.39, 0.29) is 22.7 Å². The zero-order valence-corrected chi connectivity index (χ0v) is 12.8. The minimum absolute atomic E-state index is 0.0363. The van der Waals surface area contributed by atoms with Crippen molar-refractivity contribution in [3.05, 3.63) is 44.9 Å². The van der Waals surface area contributed by atoms with Gasteiger partial charge in [0.15, 0.2) is 0 Å². The number of carbonyl (C=O) groups excluding carboxylic acids is 1. The fourth-order valence-electron chi connectivity index (χ4n) is 1.76. The van der Waals surface area contributed by atoms with E-state index in [4.69, 9.17) is 11.6 Å². The number of thiazole rings is 1. The summed E-state index contributed by atoms with van der Waals surface area (Å²) in [6, 6.07) is 4.28. The van der Waals surface area contributed by atoms with Crippen molar-refractivity contribution < 1.29 is 9.90 Å². The third-order valence-electron chi connectivity index (χ3n) is 2.86. The summed E-state index contributed by atoms with van der Waals surface area (Å²) in [5.41, 5.74) is 0.416. The average Bonchev–Trinajstić information content (AvgIpc) is 2.85. The Morgan fingerprint density at radius 1 is 1.55 bits per heavy atom. The number of amides is 1. The second-order valence-corrected chi connectivity index (χ2v) is 6.08. The molecule has 0 saturated heterocycles. The third-order valence-corrected chi connectivity index (χ3v) is 4.19. The zero-order valence-electron chi connectivity index (χ0n) is 11.2. The summed E-state index contributed by atoms with van der Waals surface area (Å²) in [6.45, 7) is 3.97. The van der Waals surface area contributed by atoms with E-state index < -0.39 is 0 Å². The Balaban J connectivity index is 2.14. The van der Waals surface area contributed by atoms with Crippen LogP contribution in [0, 0.1) is 6.92 Å². The Kier molecular flexibility index (Phi) is 4.62. The lowest BCUT2D eigenvalue weighted by molar-refractivity contribution is 0.0935. The quantitative estimate of drug-likeness (QED) is 0.905. The normalized spacial score (nSPS) is 12.2. The summed E-state index contributed by atoms with van der Waals surface area (Å²) in [5, 5.41) is 13.3. The van der Waals surface area contributed by atoms with Gasteiger partial charge in [-0.1, -0.05) is 18.5 Å². The predicted molar refractivity (Wildman–Crippen MR) is 80.5 cm³/mol. The summed E-state index contributed by atoms with van der Waals surface area (Å²) in [7, 11) is 0. The van der Waals surface area contributed by atoms with Crippen LogP contribution in [0.5, 0.6) is 5.75 Å². The minimum atomic E-state index is -0.230. The first kappa shape index (κ1) is 14.8. The number of hydrogen-bond acceptors (Lipinski definition) is 4. The lowest BCUT2D eigenvalue weighted by atomic mass is 10.1. The van der Waals surface area contributed by atoms with Crippen LogP contribution in [0.4, 0.5) is 0 Å². The topological polar surface area (TPSA) is 62.2 Å². The van der Waals surface area contributed by atoms with Crippen molar-refractivity contribution in [1.29, 1.82) is 0 Å². The molecule has 1 amide bonds. The second kappa shape index (κ2) is 6.24. The number of aryl methyl sites for hydroxylation is 1. The fourth-order valence-corrected chi connectivity index (χ4v) is 2.85. The van der Waals surface area contributed by atoms with Gasteiger partial charge in [0.25, 0.3) is 5.91 Å². The summed E-state index contributed by atoms with van der Waals surface area (Å²) in [6.07, 6.45) is 2.55. The smallest absolute Gasteiger partial charge is 0.251 e. The van der Waals surface area contributed by atoms with Crippen molar-refractivity contribution in [3.8, 4) is 5.75 Å². The predicted octanol–water partition coefficient (Wildman–Crippen LogP) is 3.69. The molecule has 6 heteroatoms. The number of hydrogen-bond donors (Lipinski definition) is 2. The molecule has 0 spiro atoms. The Hall–Kier alpha value is -1.59. The highest BCUT2D eigenvalue weighted by molar-refractivity contribution is 7.11. The summed E-state index contributed by atoms with van der Waals surface area (Å²) in [5.74, 6) is -0.266. The van der Waals surface area contributed by atoms with Gasteiger partial charge < -0.3 is 10.4 Å². The molecule has 2 N–H and O–H groups in total. The number of aromatic nitrogens is 1. The number of carbonyl (C=O) groups is 1. The Labute approximate surface area is 126 Å². The van der Waals surface area contributed by atoms with Crippen LogP contribution < -0.4 is 5.32 Å². The lowest BCUT2D eigenvalue weighted by Gasteiger charge is -2.14. The molecular weight excluding hydrogens is 296 g/mol. The second-order valence-electron chi connectivity index (χ2n) is 4.41. The van der Waals surface area contributed by atoms with Crippen LogP contribution in [-0.2, 0) is 0 Å². The van der Waals surface area contributed by atoms with Gasteiger partial charge in [0, 0.05) is 16.6 Å². The summed E-state index contributed by atoms with van der Waals surface area (Å²) < 4.78 is 0. The molecule has 0 radical (unpaired) electrons. The standard InChI is InChI=1S/C14H15ClN2O2S/c1-3-11(14-16-7-8(2)20-14)17-13(19)9-4-5-12(18)10(15)6-9/h4-7,11,18H,3H2,1-2H3,(H,17,19)/t11-/m0/s1. The summed E-state index contributed by atoms with van der Waals surface area (Å²) >= 11 is 7.38. The van der Waals surface area contributed by atoms with Gasteiger partial charge in [0.05, 0.1) is 11.1 Å². The SMILES string of the molecule is CC[C@H](NC(=O)c1ccc(O)c(Cl)c1)c1ncc(C)s1. The number of phenols is 1. The zero-order chi connectivity index (χ0) is 14.7. The Bertz CT molecular complexity index is 627. The molecule has 2 rings (SSSR count). The molecule has 1 heterocycles. The number of nitrogens with one attached hydrogen (secondary N) is 1. The average molecular weight is 311 g/mol. The largest absolute Gasteiger partial charge is 0.506 e. The molecule has 0 unspecified atom stereocenters. The van der Waals surface area contributed by atoms with Gasteiger partial charge in [-0.2, -0.15) is 0 Å². The molecule has 1 aromatic heterocycles. The molecule has 0 fully saturated rings. The molecule has 0 saturated carbocycles. The first-order chi connectivity index (χ1) is 9.51. The van der Waals surface area contributed by atoms with Crippen molar-refractivity contribution in [2.24, 2.45) is 0 Å². The van der Waals surface area contributed by atoms with Crippen LogP contribution in [-0.4, -0.2) is 16.0 Å². The molecular formula is C14H15ClN2O2S. The van der Waals surface area contributed by atoms with E-state index in [1.54, 1.807) is 17.5 Å². The number of benzene rings is 1. The molecule has 0 aliphatic heterocycles. The first-order valence-electron chi connectivity index (χ1n) is 6.23. The number of aromatic hydroxyl groups is 1. The maximum Gasteiger partial charge on any atom is 0.251 e. The highest BCUT2D eigenvalue weighted by atomic mass is 35.5. The molecule has 4 nitrogen and oxygen atoms in total. The van der Waals surface area contributed by atoms with Gasteiger partial charge >= 0.3 is 0 Å². The van der Waals surface area contributed by atoms with Crippen molar-refractivity contribution in [3.63, 3.8) is 0 Å². The highest BCUT2D eigenvalue weighted by Gasteiger charge is 2.17. The van der Waals surface area contributed by atoms with Gasteiger partial charge in [0.1, 0.15) is 10.8 Å². The van der Waals surface area contributed by atoms with Gasteiger partial charge in [-0.3, -0.25) is 4.79 Å². The van der Waals surface area contributed by atoms with Crippen molar-refractivity contribution in [2.75, 3.05) is 0 Å². The molecule has 1 atom stereocenters. The Morgan fingerprint density at radius 3 is 2.85 bits per heavy atom. The van der Waals surface area contributed by atoms with Crippen LogP contribution in [0.3, 0.4) is 0 Å². The Morgan fingerprint density at radius 2 is 2.30 bits per heavy atom. The van der Waals surface area contributed by atoms with Crippen LogP contribution in [0.25, 0.3) is 0 Å². The van der Waals surface area contributed by atoms with Crippen LogP contribution >= 0.6 is 22.9 Å². The van der Waals surface area contributed by atoms with E-state index >= 15 is 0 Å². The lowest BCUT2D eigenvalue weighted by Crippen LogP contribution is -2.28. The minimum Gasteiger partial charge on any atom is -0.506 e. The van der Waals surface area contributed by atoms with Gasteiger partial charge in [-0.25, -0.2) is 4.98 Å². The number of phenolic OH excluding ortho intramolecular Hbond substituents is 1. The van der Waals surface area contributed by atoms with E-state index in [1.165, 1.54) is 18.2 Å². The molecule has 1 aromatic carbocycles. The van der Waals surface area contributed by atoms with E-state index in [1.807, 2.05) is 13.8 Å². The number of rotatable bonds is 4. The van der Waals surface area contributed by atoms with E-state index in [0.29, 0.717) is 5.56 Å². The molecule has 0 aliphatic carbocycles. The van der Waals surface area contributed by atoms with E-state index in [0.717, 1.165) is 16.3 Å². The van der Waals surface area contributed by atoms with Crippen molar-refractivity contribution in [1.82, 2.24) is 10.3 Å². The highest BCUT2D eigenvalue weighted by Crippen LogP contribution is 2.25. The number of nitrogens with zero attached hydrogens (tertiary/aromatic N) is 1. The molecule has 0 aliphatic rings. The molecule has 0 bridgehead atoms. The van der Waals surface area contributed by atoms with Crippen molar-refractivity contribution in [2.45, 2.75) is 26.3 Å². The maximum atomic E-state index is 12.2. The van der Waals surface area contributed by atoms with Gasteiger partial charge in [-0.05, 0) is 31.5 Å². The molecule has 20 heavy (non-hydrogen) atoms. The van der Waals surface area contributed by atoms with Gasteiger partial charge in [0.2, 0.25) is 0 Å². The van der Waals surface area contributed by atoms with Crippen molar-refractivity contribution >= 4 is 28.8 Å². The molecule has 2 aromatic rings.